The zero-order valence-corrected chi connectivity index (χ0v) is 14.6. The molecule has 0 aromatic heterocycles. The van der Waals surface area contributed by atoms with Crippen molar-refractivity contribution < 1.29 is 0 Å². The van der Waals surface area contributed by atoms with Gasteiger partial charge in [0.05, 0.1) is 0 Å². The molecule has 1 heterocycles. The molecule has 1 saturated heterocycles. The van der Waals surface area contributed by atoms with Crippen molar-refractivity contribution in [1.29, 1.82) is 10.8 Å². The molecule has 1 aliphatic rings. The smallest absolute Gasteiger partial charge is 0.198 e. The number of rotatable bonds is 6. The molecule has 22 heavy (non-hydrogen) atoms. The molecule has 0 saturated carbocycles. The molecule has 5 nitrogen and oxygen atoms in total. The first-order valence-corrected chi connectivity index (χ1v) is 8.17. The van der Waals surface area contributed by atoms with Crippen molar-refractivity contribution >= 4 is 11.8 Å². The Morgan fingerprint density at radius 2 is 1.95 bits per heavy atom. The Morgan fingerprint density at radius 1 is 1.36 bits per heavy atom. The normalized spacial score (nSPS) is 20.8. The SMILES string of the molecule is C/C=C(\C=C(/C)N1CC(C)CN(C(CC)CC)C1=N)C(=N)N. The molecule has 0 bridgehead atoms. The molecule has 5 heteroatoms. The highest BCUT2D eigenvalue weighted by Crippen LogP contribution is 2.23. The van der Waals surface area contributed by atoms with E-state index >= 15 is 0 Å². The zero-order chi connectivity index (χ0) is 16.9. The average Bonchev–Trinajstić information content (AvgIpc) is 2.48. The second-order valence-electron chi connectivity index (χ2n) is 6.11. The van der Waals surface area contributed by atoms with Crippen molar-refractivity contribution in [2.75, 3.05) is 13.1 Å². The quantitative estimate of drug-likeness (QED) is 0.400. The summed E-state index contributed by atoms with van der Waals surface area (Å²) in [5.41, 5.74) is 7.27. The van der Waals surface area contributed by atoms with Crippen molar-refractivity contribution in [3.63, 3.8) is 0 Å². The number of nitrogens with one attached hydrogen (secondary N) is 2. The van der Waals surface area contributed by atoms with Crippen molar-refractivity contribution in [3.8, 4) is 0 Å². The lowest BCUT2D eigenvalue weighted by Crippen LogP contribution is -2.55. The first-order valence-electron chi connectivity index (χ1n) is 8.17. The first-order chi connectivity index (χ1) is 10.3. The third kappa shape index (κ3) is 4.12. The second-order valence-corrected chi connectivity index (χ2v) is 6.11. The maximum Gasteiger partial charge on any atom is 0.198 e. The van der Waals surface area contributed by atoms with Crippen LogP contribution in [0.25, 0.3) is 0 Å². The number of amidine groups is 1. The minimum atomic E-state index is 0.0651. The molecule has 1 atom stereocenters. The molecular formula is C17H31N5. The first kappa shape index (κ1) is 18.3. The number of allylic oxidation sites excluding steroid dienone is 2. The minimum Gasteiger partial charge on any atom is -0.384 e. The lowest BCUT2D eigenvalue weighted by Gasteiger charge is -2.45. The maximum absolute atomic E-state index is 8.58. The summed E-state index contributed by atoms with van der Waals surface area (Å²) in [5.74, 6) is 1.14. The molecule has 124 valence electrons. The third-order valence-electron chi connectivity index (χ3n) is 4.33. The molecular weight excluding hydrogens is 274 g/mol. The zero-order valence-electron chi connectivity index (χ0n) is 14.6. The van der Waals surface area contributed by atoms with Crippen LogP contribution in [-0.4, -0.2) is 40.7 Å². The van der Waals surface area contributed by atoms with Crippen molar-refractivity contribution in [1.82, 2.24) is 9.80 Å². The Morgan fingerprint density at radius 3 is 2.41 bits per heavy atom. The summed E-state index contributed by atoms with van der Waals surface area (Å²) in [6.07, 6.45) is 5.84. The summed E-state index contributed by atoms with van der Waals surface area (Å²) >= 11 is 0. The van der Waals surface area contributed by atoms with Gasteiger partial charge >= 0.3 is 0 Å². The molecule has 0 aromatic carbocycles. The highest BCUT2D eigenvalue weighted by molar-refractivity contribution is 5.97. The van der Waals surface area contributed by atoms with E-state index in [4.69, 9.17) is 16.6 Å². The van der Waals surface area contributed by atoms with Gasteiger partial charge in [-0.2, -0.15) is 0 Å². The molecule has 4 N–H and O–H groups in total. The van der Waals surface area contributed by atoms with Crippen LogP contribution in [-0.2, 0) is 0 Å². The van der Waals surface area contributed by atoms with Crippen molar-refractivity contribution in [2.45, 2.75) is 53.5 Å². The van der Waals surface area contributed by atoms with Gasteiger partial charge in [0.1, 0.15) is 5.84 Å². The molecule has 1 aliphatic heterocycles. The van der Waals surface area contributed by atoms with Gasteiger partial charge in [0, 0.05) is 30.4 Å². The van der Waals surface area contributed by atoms with Gasteiger partial charge in [-0.3, -0.25) is 10.8 Å². The Kier molecular flexibility index (Phi) is 6.65. The van der Waals surface area contributed by atoms with Crippen LogP contribution in [0.1, 0.15) is 47.5 Å². The van der Waals surface area contributed by atoms with Crippen LogP contribution in [0.5, 0.6) is 0 Å². The Hall–Kier alpha value is -1.78. The highest BCUT2D eigenvalue weighted by atomic mass is 15.4. The lowest BCUT2D eigenvalue weighted by atomic mass is 10.0. The van der Waals surface area contributed by atoms with Gasteiger partial charge in [-0.1, -0.05) is 26.8 Å². The number of nitrogens with two attached hydrogens (primary N) is 1. The minimum absolute atomic E-state index is 0.0651. The van der Waals surface area contributed by atoms with Crippen molar-refractivity contribution in [3.05, 3.63) is 23.4 Å². The second kappa shape index (κ2) is 8.01. The van der Waals surface area contributed by atoms with Crippen LogP contribution in [0.3, 0.4) is 0 Å². The summed E-state index contributed by atoms with van der Waals surface area (Å²) in [4.78, 5) is 4.26. The van der Waals surface area contributed by atoms with Gasteiger partial charge in [0.25, 0.3) is 0 Å². The number of hydrogen-bond acceptors (Lipinski definition) is 2. The van der Waals surface area contributed by atoms with E-state index in [0.29, 0.717) is 23.5 Å². The molecule has 0 spiro atoms. The highest BCUT2D eigenvalue weighted by Gasteiger charge is 2.31. The van der Waals surface area contributed by atoms with Gasteiger partial charge in [0.15, 0.2) is 5.96 Å². The molecule has 0 amide bonds. The summed E-state index contributed by atoms with van der Waals surface area (Å²) in [5, 5.41) is 16.2. The molecule has 0 radical (unpaired) electrons. The molecule has 1 rings (SSSR count). The fourth-order valence-electron chi connectivity index (χ4n) is 3.02. The number of guanidine groups is 1. The molecule has 1 fully saturated rings. The van der Waals surface area contributed by atoms with E-state index in [1.807, 2.05) is 30.9 Å². The van der Waals surface area contributed by atoms with E-state index in [9.17, 15) is 0 Å². The van der Waals surface area contributed by atoms with Gasteiger partial charge < -0.3 is 15.5 Å². The van der Waals surface area contributed by atoms with E-state index in [0.717, 1.165) is 31.6 Å². The summed E-state index contributed by atoms with van der Waals surface area (Å²) in [6, 6.07) is 0.416. The topological polar surface area (TPSA) is 80.2 Å². The van der Waals surface area contributed by atoms with E-state index in [-0.39, 0.29) is 5.84 Å². The standard InChI is InChI=1S/C17H31N5/c1-6-14(16(18)19)9-13(5)21-10-12(4)11-22(17(21)20)15(7-2)8-3/h6,9,12,15,20H,7-8,10-11H2,1-5H3,(H3,18,19)/b13-9+,14-6+,20-17?. The predicted octanol–water partition coefficient (Wildman–Crippen LogP) is 3.15. The fraction of sp³-hybridized carbons (Fsp3) is 0.647. The van der Waals surface area contributed by atoms with Gasteiger partial charge in [-0.05, 0) is 38.7 Å². The average molecular weight is 305 g/mol. The van der Waals surface area contributed by atoms with Crippen LogP contribution in [0.2, 0.25) is 0 Å². The summed E-state index contributed by atoms with van der Waals surface area (Å²) < 4.78 is 0. The maximum atomic E-state index is 8.58. The van der Waals surface area contributed by atoms with E-state index in [2.05, 4.69) is 25.7 Å². The monoisotopic (exact) mass is 305 g/mol. The van der Waals surface area contributed by atoms with E-state index in [1.54, 1.807) is 0 Å². The van der Waals surface area contributed by atoms with Crippen LogP contribution in [0.15, 0.2) is 23.4 Å². The third-order valence-corrected chi connectivity index (χ3v) is 4.33. The van der Waals surface area contributed by atoms with E-state index < -0.39 is 0 Å². The number of nitrogens with zero attached hydrogens (tertiary/aromatic N) is 2. The van der Waals surface area contributed by atoms with Gasteiger partial charge in [0.2, 0.25) is 0 Å². The Balaban J connectivity index is 3.05. The fourth-order valence-corrected chi connectivity index (χ4v) is 3.02. The van der Waals surface area contributed by atoms with Crippen LogP contribution >= 0.6 is 0 Å². The lowest BCUT2D eigenvalue weighted by molar-refractivity contribution is 0.177. The molecule has 0 aromatic rings. The van der Waals surface area contributed by atoms with Crippen LogP contribution in [0, 0.1) is 16.7 Å². The van der Waals surface area contributed by atoms with Crippen molar-refractivity contribution in [2.24, 2.45) is 11.7 Å². The van der Waals surface area contributed by atoms with Gasteiger partial charge in [-0.15, -0.1) is 0 Å². The van der Waals surface area contributed by atoms with Gasteiger partial charge in [-0.25, -0.2) is 0 Å². The van der Waals surface area contributed by atoms with Crippen LogP contribution in [0.4, 0.5) is 0 Å². The summed E-state index contributed by atoms with van der Waals surface area (Å²) in [7, 11) is 0. The van der Waals surface area contributed by atoms with Crippen LogP contribution < -0.4 is 5.73 Å². The molecule has 1 unspecified atom stereocenters. The number of hydrogen-bond donors (Lipinski definition) is 3. The Bertz CT molecular complexity index is 473. The predicted molar refractivity (Wildman–Crippen MR) is 94.1 cm³/mol. The Labute approximate surface area is 134 Å². The van der Waals surface area contributed by atoms with E-state index in [1.165, 1.54) is 0 Å². The summed E-state index contributed by atoms with van der Waals surface area (Å²) in [6.45, 7) is 12.2. The molecule has 0 aliphatic carbocycles. The largest absolute Gasteiger partial charge is 0.384 e.